The molecule has 11 heteroatoms. The zero-order chi connectivity index (χ0) is 23.8. The van der Waals surface area contributed by atoms with Gasteiger partial charge in [0.15, 0.2) is 11.5 Å². The summed E-state index contributed by atoms with van der Waals surface area (Å²) in [6.45, 7) is 4.96. The zero-order valence-corrected chi connectivity index (χ0v) is 19.2. The maximum Gasteiger partial charge on any atom is 0.341 e. The van der Waals surface area contributed by atoms with Gasteiger partial charge < -0.3 is 24.8 Å². The van der Waals surface area contributed by atoms with Crippen LogP contribution in [0, 0.1) is 0 Å². The lowest BCUT2D eigenvalue weighted by Gasteiger charge is -2.22. The van der Waals surface area contributed by atoms with Gasteiger partial charge in [0.25, 0.3) is 5.91 Å². The standard InChI is InChI=1S/C22H23N3O7S/c1-4-13-9-14(19(27)30-5-2)18(33-13)23-17(26)10-25-20(28)22(3,24-21(25)29)12-6-7-15-16(8-12)32-11-31-15/h6-9H,4-5,10-11H2,1-3H3,(H,23,26)(H,24,29)/t22-/m0/s1. The van der Waals surface area contributed by atoms with E-state index in [0.29, 0.717) is 28.5 Å². The second-order valence-electron chi connectivity index (χ2n) is 7.59. The molecule has 4 amide bonds. The second kappa shape index (κ2) is 8.74. The van der Waals surface area contributed by atoms with Crippen LogP contribution >= 0.6 is 11.3 Å². The number of urea groups is 1. The number of nitrogens with zero attached hydrogens (tertiary/aromatic N) is 1. The SMILES string of the molecule is CCOC(=O)c1cc(CC)sc1NC(=O)CN1C(=O)N[C@@](C)(c2ccc3c(c2)OCO3)C1=O. The molecule has 4 rings (SSSR count). The molecule has 0 radical (unpaired) electrons. The molecule has 1 aromatic heterocycles. The Hall–Kier alpha value is -3.60. The molecular weight excluding hydrogens is 450 g/mol. The number of carbonyl (C=O) groups is 4. The van der Waals surface area contributed by atoms with Gasteiger partial charge in [-0.3, -0.25) is 14.5 Å². The van der Waals surface area contributed by atoms with Gasteiger partial charge in [-0.2, -0.15) is 0 Å². The molecule has 2 aliphatic heterocycles. The van der Waals surface area contributed by atoms with E-state index in [2.05, 4.69) is 10.6 Å². The summed E-state index contributed by atoms with van der Waals surface area (Å²) in [4.78, 5) is 52.4. The first-order valence-electron chi connectivity index (χ1n) is 10.4. The zero-order valence-electron chi connectivity index (χ0n) is 18.4. The Morgan fingerprint density at radius 1 is 1.21 bits per heavy atom. The number of anilines is 1. The van der Waals surface area contributed by atoms with E-state index in [1.807, 2.05) is 6.92 Å². The smallest absolute Gasteiger partial charge is 0.341 e. The molecular formula is C22H23N3O7S. The first kappa shape index (κ1) is 22.6. The number of carbonyl (C=O) groups excluding carboxylic acids is 4. The molecule has 2 aliphatic rings. The molecule has 1 aromatic carbocycles. The number of aryl methyl sites for hydroxylation is 1. The molecule has 1 atom stereocenters. The fraction of sp³-hybridized carbons (Fsp3) is 0.364. The molecule has 10 nitrogen and oxygen atoms in total. The van der Waals surface area contributed by atoms with E-state index in [0.717, 1.165) is 9.78 Å². The molecule has 0 spiro atoms. The minimum absolute atomic E-state index is 0.0817. The van der Waals surface area contributed by atoms with Crippen LogP contribution in [0.15, 0.2) is 24.3 Å². The highest BCUT2D eigenvalue weighted by molar-refractivity contribution is 7.16. The van der Waals surface area contributed by atoms with Crippen molar-refractivity contribution in [2.24, 2.45) is 0 Å². The number of benzene rings is 1. The maximum absolute atomic E-state index is 13.2. The lowest BCUT2D eigenvalue weighted by Crippen LogP contribution is -2.42. The highest BCUT2D eigenvalue weighted by Crippen LogP contribution is 2.38. The number of nitrogens with one attached hydrogen (secondary N) is 2. The summed E-state index contributed by atoms with van der Waals surface area (Å²) in [5, 5.41) is 5.62. The predicted octanol–water partition coefficient (Wildman–Crippen LogP) is 2.62. The predicted molar refractivity (Wildman–Crippen MR) is 118 cm³/mol. The molecule has 2 N–H and O–H groups in total. The number of imide groups is 1. The summed E-state index contributed by atoms with van der Waals surface area (Å²) in [5.41, 5.74) is -0.620. The largest absolute Gasteiger partial charge is 0.462 e. The molecule has 1 saturated heterocycles. The third-order valence-electron chi connectivity index (χ3n) is 5.41. The van der Waals surface area contributed by atoms with E-state index in [9.17, 15) is 19.2 Å². The van der Waals surface area contributed by atoms with Crippen LogP contribution in [0.25, 0.3) is 0 Å². The van der Waals surface area contributed by atoms with Crippen LogP contribution in [0.3, 0.4) is 0 Å². The van der Waals surface area contributed by atoms with Gasteiger partial charge >= 0.3 is 12.0 Å². The van der Waals surface area contributed by atoms with Crippen molar-refractivity contribution in [2.75, 3.05) is 25.3 Å². The average Bonchev–Trinajstić information content (AvgIpc) is 3.47. The van der Waals surface area contributed by atoms with Crippen LogP contribution in [-0.4, -0.2) is 48.7 Å². The van der Waals surface area contributed by atoms with Gasteiger partial charge in [-0.15, -0.1) is 11.3 Å². The molecule has 174 valence electrons. The molecule has 0 bridgehead atoms. The van der Waals surface area contributed by atoms with Crippen molar-refractivity contribution in [3.63, 3.8) is 0 Å². The lowest BCUT2D eigenvalue weighted by molar-refractivity contribution is -0.133. The first-order valence-corrected chi connectivity index (χ1v) is 11.2. The maximum atomic E-state index is 13.2. The number of ether oxygens (including phenoxy) is 3. The highest BCUT2D eigenvalue weighted by atomic mass is 32.1. The minimum Gasteiger partial charge on any atom is -0.462 e. The normalized spacial score (nSPS) is 18.9. The van der Waals surface area contributed by atoms with Crippen molar-refractivity contribution >= 4 is 40.2 Å². The second-order valence-corrected chi connectivity index (χ2v) is 8.73. The number of hydrogen-bond donors (Lipinski definition) is 2. The molecule has 0 unspecified atom stereocenters. The van der Waals surface area contributed by atoms with Gasteiger partial charge in [0.1, 0.15) is 17.1 Å². The van der Waals surface area contributed by atoms with E-state index < -0.39 is 35.9 Å². The van der Waals surface area contributed by atoms with Crippen LogP contribution < -0.4 is 20.1 Å². The van der Waals surface area contributed by atoms with Gasteiger partial charge in [0.05, 0.1) is 12.2 Å². The number of thiophene rings is 1. The Morgan fingerprint density at radius 3 is 2.70 bits per heavy atom. The van der Waals surface area contributed by atoms with Crippen molar-refractivity contribution in [2.45, 2.75) is 32.7 Å². The van der Waals surface area contributed by atoms with Crippen molar-refractivity contribution in [1.29, 1.82) is 0 Å². The van der Waals surface area contributed by atoms with Gasteiger partial charge in [0.2, 0.25) is 12.7 Å². The first-order chi connectivity index (χ1) is 15.8. The van der Waals surface area contributed by atoms with Crippen LogP contribution in [0.1, 0.15) is 41.6 Å². The summed E-state index contributed by atoms with van der Waals surface area (Å²) in [6, 6.07) is 5.94. The van der Waals surface area contributed by atoms with E-state index in [4.69, 9.17) is 14.2 Å². The summed E-state index contributed by atoms with van der Waals surface area (Å²) < 4.78 is 15.7. The van der Waals surface area contributed by atoms with Crippen LogP contribution in [0.4, 0.5) is 9.80 Å². The number of hydrogen-bond acceptors (Lipinski definition) is 8. The number of esters is 1. The molecule has 3 heterocycles. The lowest BCUT2D eigenvalue weighted by atomic mass is 9.91. The molecule has 33 heavy (non-hydrogen) atoms. The van der Waals surface area contributed by atoms with Crippen molar-refractivity contribution in [3.05, 3.63) is 40.3 Å². The van der Waals surface area contributed by atoms with Crippen molar-refractivity contribution < 1.29 is 33.4 Å². The average molecular weight is 474 g/mol. The number of amides is 4. The summed E-state index contributed by atoms with van der Waals surface area (Å²) in [6.07, 6.45) is 0.674. The van der Waals surface area contributed by atoms with E-state index >= 15 is 0 Å². The third kappa shape index (κ3) is 4.11. The quantitative estimate of drug-likeness (QED) is 0.468. The van der Waals surface area contributed by atoms with Gasteiger partial charge in [-0.05, 0) is 44.0 Å². The molecule has 1 fully saturated rings. The Bertz CT molecular complexity index is 1150. The third-order valence-corrected chi connectivity index (χ3v) is 6.60. The molecule has 0 saturated carbocycles. The van der Waals surface area contributed by atoms with E-state index in [1.54, 1.807) is 38.1 Å². The van der Waals surface area contributed by atoms with E-state index in [-0.39, 0.29) is 19.0 Å². The number of fused-ring (bicyclic) bond motifs is 1. The van der Waals surface area contributed by atoms with Crippen LogP contribution in [0.2, 0.25) is 0 Å². The Kier molecular flexibility index (Phi) is 5.98. The fourth-order valence-corrected chi connectivity index (χ4v) is 4.62. The molecule has 2 aromatic rings. The molecule has 0 aliphatic carbocycles. The fourth-order valence-electron chi connectivity index (χ4n) is 3.62. The van der Waals surface area contributed by atoms with Crippen molar-refractivity contribution in [3.8, 4) is 11.5 Å². The number of rotatable bonds is 7. The van der Waals surface area contributed by atoms with Crippen LogP contribution in [0.5, 0.6) is 11.5 Å². The summed E-state index contributed by atoms with van der Waals surface area (Å²) in [5.74, 6) is -0.705. The Balaban J connectivity index is 1.50. The Morgan fingerprint density at radius 2 is 1.97 bits per heavy atom. The topological polar surface area (TPSA) is 123 Å². The Labute approximate surface area is 193 Å². The van der Waals surface area contributed by atoms with Gasteiger partial charge in [-0.25, -0.2) is 9.59 Å². The van der Waals surface area contributed by atoms with Crippen LogP contribution in [-0.2, 0) is 26.3 Å². The van der Waals surface area contributed by atoms with Gasteiger partial charge in [-0.1, -0.05) is 13.0 Å². The monoisotopic (exact) mass is 473 g/mol. The summed E-state index contributed by atoms with van der Waals surface area (Å²) in [7, 11) is 0. The minimum atomic E-state index is -1.37. The van der Waals surface area contributed by atoms with Gasteiger partial charge in [0, 0.05) is 4.88 Å². The van der Waals surface area contributed by atoms with Crippen molar-refractivity contribution in [1.82, 2.24) is 10.2 Å². The highest BCUT2D eigenvalue weighted by Gasteiger charge is 2.50. The van der Waals surface area contributed by atoms with E-state index in [1.165, 1.54) is 11.3 Å². The summed E-state index contributed by atoms with van der Waals surface area (Å²) >= 11 is 1.25.